The molecule has 0 saturated carbocycles. The monoisotopic (exact) mass is 624 g/mol. The molecule has 2 aromatic rings. The number of carboxylic acid groups (broad SMARTS) is 2. The summed E-state index contributed by atoms with van der Waals surface area (Å²) in [7, 11) is 0. The number of carbonyl (C=O) groups is 3. The second-order valence-electron chi connectivity index (χ2n) is 12.6. The molecule has 0 unspecified atom stereocenters. The van der Waals surface area contributed by atoms with Crippen LogP contribution in [0.5, 0.6) is 0 Å². The molecule has 0 aromatic carbocycles. The molecule has 3 aliphatic heterocycles. The van der Waals surface area contributed by atoms with Gasteiger partial charge in [0, 0.05) is 83.4 Å². The molecule has 11 heteroatoms. The molecule has 0 spiro atoms. The molecule has 5 heterocycles. The van der Waals surface area contributed by atoms with E-state index in [2.05, 4.69) is 27.2 Å². The maximum atomic E-state index is 12.4. The lowest BCUT2D eigenvalue weighted by atomic mass is 9.86. The lowest BCUT2D eigenvalue weighted by Gasteiger charge is -2.20. The fourth-order valence-corrected chi connectivity index (χ4v) is 8.23. The number of aliphatic imine (C=N–C) groups is 1. The largest absolute Gasteiger partial charge is 0.481 e. The molecule has 5 rings (SSSR count). The number of hydrogen-bond donors (Lipinski definition) is 6. The fraction of sp³-hybridized carbons (Fsp3) is 0.576. The number of aliphatic hydroxyl groups is 1. The van der Waals surface area contributed by atoms with Crippen molar-refractivity contribution in [2.75, 3.05) is 5.75 Å². The molecular formula is C33H44N4O6S. The number of carboxylic acids is 2. The van der Waals surface area contributed by atoms with Gasteiger partial charge >= 0.3 is 11.9 Å². The summed E-state index contributed by atoms with van der Waals surface area (Å²) in [5.41, 5.74) is 10.0. The molecular weight excluding hydrogens is 580 g/mol. The predicted octanol–water partition coefficient (Wildman–Crippen LogP) is 4.04. The number of allylic oxidation sites excluding steroid dienone is 1. The van der Waals surface area contributed by atoms with Gasteiger partial charge in [0.05, 0.1) is 5.71 Å². The first kappa shape index (κ1) is 32.2. The van der Waals surface area contributed by atoms with E-state index in [-0.39, 0.29) is 30.7 Å². The summed E-state index contributed by atoms with van der Waals surface area (Å²) in [5, 5.41) is 33.5. The summed E-state index contributed by atoms with van der Waals surface area (Å²) in [6.07, 6.45) is 2.42. The van der Waals surface area contributed by atoms with Crippen molar-refractivity contribution in [3.8, 4) is 0 Å². The first-order chi connectivity index (χ1) is 20.9. The Hall–Kier alpha value is -3.15. The van der Waals surface area contributed by atoms with E-state index in [4.69, 9.17) is 0 Å². The third-order valence-corrected chi connectivity index (χ3v) is 11.0. The van der Waals surface area contributed by atoms with Gasteiger partial charge in [0.1, 0.15) is 6.23 Å². The maximum Gasteiger partial charge on any atom is 0.303 e. The van der Waals surface area contributed by atoms with Gasteiger partial charge in [0.25, 0.3) is 5.91 Å². The Morgan fingerprint density at radius 1 is 0.932 bits per heavy atom. The van der Waals surface area contributed by atoms with E-state index < -0.39 is 18.2 Å². The standard InChI is InChI=1S/C33H44N4O6S/c1-6-19-15(2)24(36-33(19)43)11-22-16(3)20(7-9-29(38)39)25(34-22)13-26-21(8-10-30(40)41)17(4)23(35-26)12-27-31(28-14-44-28)18(5)32(42)37-27/h18,27-28,31-32,34-35,37,42H,6-14H2,1-5H3,(H,38,39)(H,40,41)/t18-,27-,28-,31-,32+/m1/s1. The molecule has 238 valence electrons. The van der Waals surface area contributed by atoms with Crippen LogP contribution in [0.25, 0.3) is 0 Å². The van der Waals surface area contributed by atoms with E-state index in [1.165, 1.54) is 0 Å². The van der Waals surface area contributed by atoms with E-state index in [9.17, 15) is 29.7 Å². The highest BCUT2D eigenvalue weighted by atomic mass is 32.2. The topological polar surface area (TPSA) is 168 Å². The molecule has 0 bridgehead atoms. The van der Waals surface area contributed by atoms with Crippen LogP contribution in [0.3, 0.4) is 0 Å². The summed E-state index contributed by atoms with van der Waals surface area (Å²) in [6.45, 7) is 9.99. The first-order valence-corrected chi connectivity index (χ1v) is 16.6. The van der Waals surface area contributed by atoms with Crippen molar-refractivity contribution in [1.82, 2.24) is 15.3 Å². The van der Waals surface area contributed by atoms with Gasteiger partial charge in [-0.2, -0.15) is 11.8 Å². The minimum atomic E-state index is -0.876. The Bertz CT molecular complexity index is 1530. The van der Waals surface area contributed by atoms with Crippen LogP contribution >= 0.6 is 11.8 Å². The number of thioether (sulfide) groups is 1. The van der Waals surface area contributed by atoms with Crippen LogP contribution < -0.4 is 5.32 Å². The number of aliphatic hydroxyl groups excluding tert-OH is 1. The van der Waals surface area contributed by atoms with Crippen molar-refractivity contribution in [3.63, 3.8) is 0 Å². The van der Waals surface area contributed by atoms with Crippen LogP contribution in [0, 0.1) is 25.7 Å². The van der Waals surface area contributed by atoms with Crippen molar-refractivity contribution in [3.05, 3.63) is 56.2 Å². The average Bonchev–Trinajstić information content (AvgIpc) is 3.53. The first-order valence-electron chi connectivity index (χ1n) is 15.6. The van der Waals surface area contributed by atoms with Gasteiger partial charge in [-0.05, 0) is 73.8 Å². The number of aliphatic carboxylic acids is 2. The molecule has 5 atom stereocenters. The molecule has 1 amide bonds. The third kappa shape index (κ3) is 6.60. The Morgan fingerprint density at radius 2 is 1.50 bits per heavy atom. The van der Waals surface area contributed by atoms with Gasteiger partial charge in [-0.1, -0.05) is 13.8 Å². The van der Waals surface area contributed by atoms with Crippen LogP contribution in [0.2, 0.25) is 0 Å². The Labute approximate surface area is 262 Å². The molecule has 6 N–H and O–H groups in total. The van der Waals surface area contributed by atoms with Crippen LogP contribution in [0.4, 0.5) is 0 Å². The van der Waals surface area contributed by atoms with Gasteiger partial charge in [-0.25, -0.2) is 4.99 Å². The molecule has 2 saturated heterocycles. The number of H-pyrrole nitrogens is 2. The number of nitrogens with zero attached hydrogens (tertiary/aromatic N) is 1. The summed E-state index contributed by atoms with van der Waals surface area (Å²) in [6, 6.07) is 0.113. The highest BCUT2D eigenvalue weighted by Crippen LogP contribution is 2.46. The van der Waals surface area contributed by atoms with Crippen LogP contribution in [-0.4, -0.2) is 72.1 Å². The van der Waals surface area contributed by atoms with Crippen molar-refractivity contribution >= 4 is 35.3 Å². The number of amides is 1. The van der Waals surface area contributed by atoms with Crippen LogP contribution in [0.1, 0.15) is 85.1 Å². The molecule has 0 radical (unpaired) electrons. The molecule has 3 aliphatic rings. The summed E-state index contributed by atoms with van der Waals surface area (Å²) in [5.74, 6) is -0.295. The molecule has 2 fully saturated rings. The fourth-order valence-electron chi connectivity index (χ4n) is 7.23. The number of aromatic nitrogens is 2. The van der Waals surface area contributed by atoms with Crippen molar-refractivity contribution < 1.29 is 29.7 Å². The van der Waals surface area contributed by atoms with Gasteiger partial charge in [-0.15, -0.1) is 0 Å². The minimum absolute atomic E-state index is 0.00397. The van der Waals surface area contributed by atoms with Gasteiger partial charge < -0.3 is 25.3 Å². The van der Waals surface area contributed by atoms with Gasteiger partial charge in [-0.3, -0.25) is 19.7 Å². The second kappa shape index (κ2) is 13.1. The number of nitrogens with one attached hydrogen (secondary N) is 3. The smallest absolute Gasteiger partial charge is 0.303 e. The lowest BCUT2D eigenvalue weighted by Crippen LogP contribution is -2.34. The highest BCUT2D eigenvalue weighted by Gasteiger charge is 2.48. The van der Waals surface area contributed by atoms with Crippen molar-refractivity contribution in [1.29, 1.82) is 0 Å². The van der Waals surface area contributed by atoms with Crippen LogP contribution in [0.15, 0.2) is 16.1 Å². The zero-order chi connectivity index (χ0) is 31.9. The summed E-state index contributed by atoms with van der Waals surface area (Å²) >= 11 is 1.93. The highest BCUT2D eigenvalue weighted by molar-refractivity contribution is 8.06. The second-order valence-corrected chi connectivity index (χ2v) is 13.8. The minimum Gasteiger partial charge on any atom is -0.481 e. The maximum absolute atomic E-state index is 12.4. The van der Waals surface area contributed by atoms with Crippen LogP contribution in [-0.2, 0) is 46.5 Å². The number of rotatable bonds is 14. The van der Waals surface area contributed by atoms with Gasteiger partial charge in [0.15, 0.2) is 0 Å². The normalized spacial score (nSPS) is 24.8. The van der Waals surface area contributed by atoms with Crippen molar-refractivity contribution in [2.45, 2.75) is 104 Å². The molecule has 0 aliphatic carbocycles. The number of hydrogen-bond acceptors (Lipinski definition) is 6. The average molecular weight is 625 g/mol. The quantitative estimate of drug-likeness (QED) is 0.171. The number of aromatic amines is 2. The Kier molecular flexibility index (Phi) is 9.58. The Morgan fingerprint density at radius 3 is 2.02 bits per heavy atom. The van der Waals surface area contributed by atoms with E-state index in [1.54, 1.807) is 0 Å². The SMILES string of the molecule is CCC1=C(C)C(Cc2[nH]c(Cc3[nH]c(C[C@H]4N[C@@H](O)[C@H](C)[C@H]4[C@H]4CS4)c(C)c3CCC(=O)O)c(CCC(=O)O)c2C)=NC1=O. The Balaban J connectivity index is 1.48. The number of carbonyl (C=O) groups excluding carboxylic acids is 1. The zero-order valence-electron chi connectivity index (χ0n) is 26.2. The lowest BCUT2D eigenvalue weighted by molar-refractivity contribution is -0.138. The summed E-state index contributed by atoms with van der Waals surface area (Å²) < 4.78 is 0. The summed E-state index contributed by atoms with van der Waals surface area (Å²) in [4.78, 5) is 47.1. The van der Waals surface area contributed by atoms with Crippen molar-refractivity contribution in [2.24, 2.45) is 16.8 Å². The van der Waals surface area contributed by atoms with E-state index in [1.807, 2.05) is 39.5 Å². The molecule has 2 aromatic heterocycles. The van der Waals surface area contributed by atoms with E-state index >= 15 is 0 Å². The molecule has 10 nitrogen and oxygen atoms in total. The van der Waals surface area contributed by atoms with E-state index in [0.717, 1.165) is 67.6 Å². The zero-order valence-corrected chi connectivity index (χ0v) is 27.0. The predicted molar refractivity (Wildman–Crippen MR) is 170 cm³/mol. The molecule has 44 heavy (non-hydrogen) atoms. The van der Waals surface area contributed by atoms with E-state index in [0.29, 0.717) is 49.7 Å². The third-order valence-electron chi connectivity index (χ3n) is 9.92. The van der Waals surface area contributed by atoms with Gasteiger partial charge in [0.2, 0.25) is 0 Å².